The summed E-state index contributed by atoms with van der Waals surface area (Å²) in [4.78, 5) is 89.1. The number of nitrogens with zero attached hydrogens (tertiary/aromatic N) is 6. The van der Waals surface area contributed by atoms with Gasteiger partial charge in [-0.3, -0.25) is 23.7 Å². The monoisotopic (exact) mass is 1130 g/mol. The number of aromatic amines is 1. The molecule has 82 heavy (non-hydrogen) atoms. The van der Waals surface area contributed by atoms with Gasteiger partial charge in [0.2, 0.25) is 0 Å². The third-order valence-electron chi connectivity index (χ3n) is 14.6. The van der Waals surface area contributed by atoms with Crippen molar-refractivity contribution in [1.82, 2.24) is 24.4 Å². The van der Waals surface area contributed by atoms with E-state index in [2.05, 4.69) is 30.6 Å². The van der Waals surface area contributed by atoms with Gasteiger partial charge < -0.3 is 43.8 Å². The van der Waals surface area contributed by atoms with Crippen LogP contribution in [0.3, 0.4) is 0 Å². The summed E-state index contributed by atoms with van der Waals surface area (Å²) in [5.74, 6) is -0.0621. The lowest BCUT2D eigenvalue weighted by atomic mass is 9.77. The quantitative estimate of drug-likeness (QED) is 0.0154. The van der Waals surface area contributed by atoms with E-state index >= 15 is 0 Å². The van der Waals surface area contributed by atoms with Crippen LogP contribution in [0.1, 0.15) is 71.0 Å². The molecule has 6 atom stereocenters. The van der Waals surface area contributed by atoms with Crippen LogP contribution in [0, 0.1) is 6.92 Å². The number of amides is 1. The molecule has 7 aromatic rings. The SMILES string of the molecule is COc1ccc(C(Nc2ccn([C@@H]3CS[C@H](COC(=O)[C@H](CCC(=O)OC[C@H]4O[C@@H](n5cc(C)c(=O)[nH]c5=O)C[C@@H]4N=[N+]=[N-])NC(=O)OCC4c5ccccc5-c5ccccc54)O3)c(=O)n2)(c2ccccc2)c2ccc(OC)cc2)cc1. The van der Waals surface area contributed by atoms with Gasteiger partial charge in [-0.15, -0.1) is 11.8 Å². The van der Waals surface area contributed by atoms with Crippen molar-refractivity contribution in [3.63, 3.8) is 0 Å². The molecular weight excluding hydrogens is 1070 g/mol. The first-order valence-electron chi connectivity index (χ1n) is 26.3. The number of aromatic nitrogens is 4. The molecule has 10 rings (SSSR count). The zero-order valence-electron chi connectivity index (χ0n) is 44.7. The molecule has 2 aromatic heterocycles. The summed E-state index contributed by atoms with van der Waals surface area (Å²) in [6, 6.07) is 40.2. The first kappa shape index (κ1) is 56.1. The van der Waals surface area contributed by atoms with E-state index in [0.29, 0.717) is 17.3 Å². The van der Waals surface area contributed by atoms with Gasteiger partial charge in [0.25, 0.3) is 5.56 Å². The molecule has 3 N–H and O–H groups in total. The van der Waals surface area contributed by atoms with E-state index in [4.69, 9.17) is 33.2 Å². The van der Waals surface area contributed by atoms with Gasteiger partial charge in [-0.1, -0.05) is 108 Å². The number of azide groups is 1. The number of ether oxygens (including phenoxy) is 7. The number of rotatable bonds is 21. The summed E-state index contributed by atoms with van der Waals surface area (Å²) in [6.45, 7) is 0.782. The zero-order valence-corrected chi connectivity index (χ0v) is 45.6. The number of aryl methyl sites for hydroxylation is 1. The molecule has 23 heteroatoms. The maximum Gasteiger partial charge on any atom is 0.407 e. The molecule has 0 saturated carbocycles. The van der Waals surface area contributed by atoms with Gasteiger partial charge in [0.15, 0.2) is 0 Å². The summed E-state index contributed by atoms with van der Waals surface area (Å²) in [5.41, 5.74) is 12.4. The normalized spacial score (nSPS) is 18.5. The molecular formula is C59H57N9O13S. The Morgan fingerprint density at radius 3 is 2.05 bits per heavy atom. The Kier molecular flexibility index (Phi) is 17.2. The number of benzene rings is 5. The lowest BCUT2D eigenvalue weighted by Gasteiger charge is -2.37. The predicted molar refractivity (Wildman–Crippen MR) is 301 cm³/mol. The molecule has 22 nitrogen and oxygen atoms in total. The standard InChI is InChI=1S/C59H57N9O13S/c1-35-30-68(57(73)63-54(35)70)50-29-47(65-66-60)48(80-50)32-77-52(69)26-25-46(61-58(74)79-31-45-43-15-9-7-13-41(43)42-14-8-10-16-44(42)45)55(71)78-33-53-81-51(34-82-53)67-28-27-49(62-56(67)72)64-59(36-11-5-4-6-12-36,37-17-21-39(75-2)22-18-37)38-19-23-40(76-3)24-20-38/h4-24,27-28,30,45-48,50-51,53H,25-26,29,31-34H2,1-3H3,(H,61,74)(H,62,64,72)(H,63,70,73)/t46-,47-,48+,50+,51-,53+/m0/s1. The van der Waals surface area contributed by atoms with Crippen molar-refractivity contribution in [2.24, 2.45) is 5.11 Å². The topological polar surface area (TPSA) is 278 Å². The smallest absolute Gasteiger partial charge is 0.407 e. The Morgan fingerprint density at radius 1 is 0.780 bits per heavy atom. The molecule has 0 bridgehead atoms. The Hall–Kier alpha value is -9.15. The summed E-state index contributed by atoms with van der Waals surface area (Å²) in [5, 5.41) is 9.97. The van der Waals surface area contributed by atoms with Crippen molar-refractivity contribution in [2.75, 3.05) is 45.1 Å². The molecule has 422 valence electrons. The van der Waals surface area contributed by atoms with E-state index in [1.54, 1.807) is 26.5 Å². The fourth-order valence-electron chi connectivity index (χ4n) is 10.5. The highest BCUT2D eigenvalue weighted by atomic mass is 32.2. The van der Waals surface area contributed by atoms with Crippen LogP contribution in [0.5, 0.6) is 11.5 Å². The average Bonchev–Trinajstić information content (AvgIpc) is 4.28. The molecule has 3 aliphatic rings. The van der Waals surface area contributed by atoms with Crippen LogP contribution in [-0.2, 0) is 38.8 Å². The van der Waals surface area contributed by atoms with E-state index in [9.17, 15) is 34.3 Å². The Labute approximate surface area is 473 Å². The van der Waals surface area contributed by atoms with Crippen LogP contribution in [0.4, 0.5) is 10.6 Å². The summed E-state index contributed by atoms with van der Waals surface area (Å²) in [7, 11) is 3.20. The highest BCUT2D eigenvalue weighted by Gasteiger charge is 2.40. The van der Waals surface area contributed by atoms with Crippen LogP contribution < -0.4 is 37.0 Å². The highest BCUT2D eigenvalue weighted by Crippen LogP contribution is 2.45. The second-order valence-electron chi connectivity index (χ2n) is 19.5. The lowest BCUT2D eigenvalue weighted by Crippen LogP contribution is -2.43. The number of esters is 2. The van der Waals surface area contributed by atoms with Crippen molar-refractivity contribution >= 4 is 35.6 Å². The number of thioether (sulfide) groups is 1. The second-order valence-corrected chi connectivity index (χ2v) is 20.7. The fourth-order valence-corrected chi connectivity index (χ4v) is 11.5. The third kappa shape index (κ3) is 12.1. The number of anilines is 1. The van der Waals surface area contributed by atoms with Gasteiger partial charge in [-0.05, 0) is 88.2 Å². The maximum absolute atomic E-state index is 14.0. The van der Waals surface area contributed by atoms with Gasteiger partial charge in [-0.25, -0.2) is 19.2 Å². The number of fused-ring (bicyclic) bond motifs is 3. The van der Waals surface area contributed by atoms with E-state index in [-0.39, 0.29) is 50.0 Å². The fraction of sp³-hybridized carbons (Fsp3) is 0.305. The van der Waals surface area contributed by atoms with Crippen molar-refractivity contribution in [2.45, 2.75) is 73.7 Å². The maximum atomic E-state index is 14.0. The Bertz CT molecular complexity index is 3590. The number of H-pyrrole nitrogens is 1. The van der Waals surface area contributed by atoms with Crippen LogP contribution >= 0.6 is 11.8 Å². The number of hydrogen-bond acceptors (Lipinski definition) is 17. The van der Waals surface area contributed by atoms with Crippen molar-refractivity contribution < 1.29 is 47.5 Å². The zero-order chi connectivity index (χ0) is 57.3. The number of carbonyl (C=O) groups excluding carboxylic acids is 3. The van der Waals surface area contributed by atoms with Crippen molar-refractivity contribution in [1.29, 1.82) is 0 Å². The Morgan fingerprint density at radius 2 is 1.41 bits per heavy atom. The molecule has 1 aliphatic carbocycles. The largest absolute Gasteiger partial charge is 0.497 e. The lowest BCUT2D eigenvalue weighted by molar-refractivity contribution is -0.151. The molecule has 2 fully saturated rings. The molecule has 4 heterocycles. The minimum absolute atomic E-state index is 0.0463. The minimum atomic E-state index is -1.41. The summed E-state index contributed by atoms with van der Waals surface area (Å²) in [6.07, 6.45) is -1.35. The molecule has 0 radical (unpaired) electrons. The number of nitrogens with one attached hydrogen (secondary N) is 3. The van der Waals surface area contributed by atoms with E-state index in [1.165, 1.54) is 29.4 Å². The third-order valence-corrected chi connectivity index (χ3v) is 15.7. The van der Waals surface area contributed by atoms with Gasteiger partial charge in [0, 0.05) is 47.4 Å². The molecule has 1 amide bonds. The molecule has 0 unspecified atom stereocenters. The van der Waals surface area contributed by atoms with Crippen LogP contribution in [0.25, 0.3) is 21.6 Å². The molecule has 2 saturated heterocycles. The average molecular weight is 1130 g/mol. The number of methoxy groups -OCH3 is 2. The number of alkyl carbamates (subject to hydrolysis) is 1. The van der Waals surface area contributed by atoms with Crippen molar-refractivity contribution in [3.8, 4) is 22.6 Å². The predicted octanol–water partition coefficient (Wildman–Crippen LogP) is 7.85. The van der Waals surface area contributed by atoms with Crippen LogP contribution in [-0.4, -0.2) is 101 Å². The summed E-state index contributed by atoms with van der Waals surface area (Å²) >= 11 is 1.30. The van der Waals surface area contributed by atoms with Gasteiger partial charge >= 0.3 is 29.4 Å². The van der Waals surface area contributed by atoms with Crippen molar-refractivity contribution in [3.05, 3.63) is 221 Å². The summed E-state index contributed by atoms with van der Waals surface area (Å²) < 4.78 is 42.8. The van der Waals surface area contributed by atoms with Crippen LogP contribution in [0.15, 0.2) is 165 Å². The second kappa shape index (κ2) is 25.1. The number of hydrogen-bond donors (Lipinski definition) is 3. The van der Waals surface area contributed by atoms with E-state index in [1.807, 2.05) is 127 Å². The first-order chi connectivity index (χ1) is 39.8. The number of carbonyl (C=O) groups is 3. The van der Waals surface area contributed by atoms with Crippen LogP contribution in [0.2, 0.25) is 0 Å². The molecule has 0 spiro atoms. The minimum Gasteiger partial charge on any atom is -0.497 e. The van der Waals surface area contributed by atoms with E-state index in [0.717, 1.165) is 43.5 Å². The molecule has 2 aliphatic heterocycles. The first-order valence-corrected chi connectivity index (χ1v) is 27.3. The van der Waals surface area contributed by atoms with E-state index < -0.39 is 83.0 Å². The van der Waals surface area contributed by atoms with Gasteiger partial charge in [-0.2, -0.15) is 4.98 Å². The van der Waals surface area contributed by atoms with Gasteiger partial charge in [0.05, 0.1) is 20.3 Å². The van der Waals surface area contributed by atoms with Gasteiger partial charge in [0.1, 0.15) is 72.7 Å². The Balaban J connectivity index is 0.808. The highest BCUT2D eigenvalue weighted by molar-refractivity contribution is 8.00. The molecule has 5 aromatic carbocycles.